The quantitative estimate of drug-likeness (QED) is 0.834. The lowest BCUT2D eigenvalue weighted by atomic mass is 10.0. The summed E-state index contributed by atoms with van der Waals surface area (Å²) in [5.41, 5.74) is 0.807. The highest BCUT2D eigenvalue weighted by molar-refractivity contribution is 6.29. The summed E-state index contributed by atoms with van der Waals surface area (Å²) in [4.78, 5) is 8.12. The highest BCUT2D eigenvalue weighted by Gasteiger charge is 2.24. The highest BCUT2D eigenvalue weighted by Crippen LogP contribution is 2.22. The highest BCUT2D eigenvalue weighted by atomic mass is 35.5. The van der Waals surface area contributed by atoms with Gasteiger partial charge in [0.1, 0.15) is 5.15 Å². The molecule has 1 aromatic heterocycles. The van der Waals surface area contributed by atoms with E-state index < -0.39 is 0 Å². The Morgan fingerprint density at radius 1 is 1.29 bits per heavy atom. The van der Waals surface area contributed by atoms with Crippen LogP contribution in [0.1, 0.15) is 32.4 Å². The maximum Gasteiger partial charge on any atom is 0.147 e. The molecule has 2 atom stereocenters. The van der Waals surface area contributed by atoms with Gasteiger partial charge in [0.15, 0.2) is 0 Å². The van der Waals surface area contributed by atoms with Gasteiger partial charge in [0, 0.05) is 0 Å². The van der Waals surface area contributed by atoms with E-state index in [1.807, 2.05) is 0 Å². The van der Waals surface area contributed by atoms with Crippen molar-refractivity contribution in [1.82, 2.24) is 9.97 Å². The van der Waals surface area contributed by atoms with Crippen LogP contribution in [0.4, 0.5) is 0 Å². The van der Waals surface area contributed by atoms with Gasteiger partial charge in [-0.05, 0) is 26.7 Å². The number of ether oxygens (including phenoxy) is 2. The second kappa shape index (κ2) is 5.76. The molecule has 2 rings (SSSR count). The van der Waals surface area contributed by atoms with Crippen LogP contribution in [0, 0.1) is 0 Å². The van der Waals surface area contributed by atoms with E-state index in [1.54, 1.807) is 6.20 Å². The Balaban J connectivity index is 1.83. The standard InChI is InChI=1S/C12H17ClN2O2/c1-8-3-11(4-9(2)17-8)16-7-10-5-15-12(13)6-14-10/h5-6,8-9,11H,3-4,7H2,1-2H3. The van der Waals surface area contributed by atoms with E-state index in [0.717, 1.165) is 18.5 Å². The molecule has 1 aliphatic heterocycles. The lowest BCUT2D eigenvalue weighted by molar-refractivity contribution is -0.106. The van der Waals surface area contributed by atoms with Gasteiger partial charge >= 0.3 is 0 Å². The first-order valence-corrected chi connectivity index (χ1v) is 6.24. The van der Waals surface area contributed by atoms with Gasteiger partial charge in [-0.3, -0.25) is 4.98 Å². The minimum Gasteiger partial charge on any atom is -0.375 e. The van der Waals surface area contributed by atoms with Gasteiger partial charge in [-0.2, -0.15) is 0 Å². The fourth-order valence-corrected chi connectivity index (χ4v) is 2.19. The van der Waals surface area contributed by atoms with E-state index >= 15 is 0 Å². The van der Waals surface area contributed by atoms with Crippen LogP contribution in [-0.4, -0.2) is 28.3 Å². The summed E-state index contributed by atoms with van der Waals surface area (Å²) in [6, 6.07) is 0. The van der Waals surface area contributed by atoms with Crippen LogP contribution >= 0.6 is 11.6 Å². The molecule has 0 N–H and O–H groups in total. The van der Waals surface area contributed by atoms with Crippen LogP contribution in [0.3, 0.4) is 0 Å². The number of rotatable bonds is 3. The first-order valence-electron chi connectivity index (χ1n) is 5.87. The predicted octanol–water partition coefficient (Wildman–Crippen LogP) is 2.60. The molecule has 17 heavy (non-hydrogen) atoms. The van der Waals surface area contributed by atoms with Gasteiger partial charge in [0.2, 0.25) is 0 Å². The van der Waals surface area contributed by atoms with E-state index in [9.17, 15) is 0 Å². The van der Waals surface area contributed by atoms with E-state index in [0.29, 0.717) is 11.8 Å². The average Bonchev–Trinajstić information content (AvgIpc) is 2.27. The van der Waals surface area contributed by atoms with Gasteiger partial charge in [-0.25, -0.2) is 4.98 Å². The van der Waals surface area contributed by atoms with E-state index in [-0.39, 0.29) is 18.3 Å². The zero-order chi connectivity index (χ0) is 12.3. The van der Waals surface area contributed by atoms with E-state index in [2.05, 4.69) is 23.8 Å². The zero-order valence-electron chi connectivity index (χ0n) is 10.1. The largest absolute Gasteiger partial charge is 0.375 e. The molecule has 0 radical (unpaired) electrons. The first kappa shape index (κ1) is 12.7. The topological polar surface area (TPSA) is 44.2 Å². The molecule has 94 valence electrons. The van der Waals surface area contributed by atoms with Crippen molar-refractivity contribution in [3.8, 4) is 0 Å². The van der Waals surface area contributed by atoms with Crippen molar-refractivity contribution in [2.75, 3.05) is 0 Å². The smallest absolute Gasteiger partial charge is 0.147 e. The van der Waals surface area contributed by atoms with Gasteiger partial charge in [-0.15, -0.1) is 0 Å². The lowest BCUT2D eigenvalue weighted by Crippen LogP contribution is -2.34. The Labute approximate surface area is 106 Å². The summed E-state index contributed by atoms with van der Waals surface area (Å²) >= 11 is 5.67. The molecule has 4 nitrogen and oxygen atoms in total. The van der Waals surface area contributed by atoms with Crippen molar-refractivity contribution < 1.29 is 9.47 Å². The summed E-state index contributed by atoms with van der Waals surface area (Å²) in [7, 11) is 0. The third-order valence-corrected chi connectivity index (χ3v) is 2.99. The Morgan fingerprint density at radius 3 is 2.59 bits per heavy atom. The molecule has 0 bridgehead atoms. The molecule has 0 aliphatic carbocycles. The molecule has 0 aromatic carbocycles. The van der Waals surface area contributed by atoms with Crippen LogP contribution in [0.15, 0.2) is 12.4 Å². The molecule has 1 saturated heterocycles. The van der Waals surface area contributed by atoms with Gasteiger partial charge in [0.25, 0.3) is 0 Å². The van der Waals surface area contributed by atoms with Crippen LogP contribution in [0.25, 0.3) is 0 Å². The number of aromatic nitrogens is 2. The average molecular weight is 257 g/mol. The Bertz CT molecular complexity index is 348. The van der Waals surface area contributed by atoms with Gasteiger partial charge in [0.05, 0.1) is 43.0 Å². The maximum atomic E-state index is 5.82. The fraction of sp³-hybridized carbons (Fsp3) is 0.667. The number of hydrogen-bond donors (Lipinski definition) is 0. The summed E-state index contributed by atoms with van der Waals surface area (Å²) < 4.78 is 11.5. The van der Waals surface area contributed by atoms with Crippen LogP contribution in [0.5, 0.6) is 0 Å². The summed E-state index contributed by atoms with van der Waals surface area (Å²) in [5.74, 6) is 0. The zero-order valence-corrected chi connectivity index (χ0v) is 10.9. The second-order valence-corrected chi connectivity index (χ2v) is 4.88. The molecule has 1 aromatic rings. The Kier molecular flexibility index (Phi) is 4.31. The lowest BCUT2D eigenvalue weighted by Gasteiger charge is -2.31. The summed E-state index contributed by atoms with van der Waals surface area (Å²) in [6.45, 7) is 4.64. The van der Waals surface area contributed by atoms with Crippen molar-refractivity contribution in [3.63, 3.8) is 0 Å². The summed E-state index contributed by atoms with van der Waals surface area (Å²) in [6.07, 6.45) is 5.83. The maximum absolute atomic E-state index is 5.82. The Morgan fingerprint density at radius 2 is 2.00 bits per heavy atom. The van der Waals surface area contributed by atoms with Crippen LogP contribution in [0.2, 0.25) is 5.15 Å². The molecule has 0 amide bonds. The number of halogens is 1. The normalized spacial score (nSPS) is 29.2. The van der Waals surface area contributed by atoms with Crippen molar-refractivity contribution in [2.24, 2.45) is 0 Å². The Hall–Kier alpha value is -0.710. The van der Waals surface area contributed by atoms with Crippen molar-refractivity contribution >= 4 is 11.6 Å². The molecule has 0 saturated carbocycles. The van der Waals surface area contributed by atoms with Crippen molar-refractivity contribution in [1.29, 1.82) is 0 Å². The molecule has 1 fully saturated rings. The molecular formula is C12H17ClN2O2. The summed E-state index contributed by atoms with van der Waals surface area (Å²) in [5, 5.41) is 0.405. The molecule has 2 unspecified atom stereocenters. The SMILES string of the molecule is CC1CC(OCc2cnc(Cl)cn2)CC(C)O1. The van der Waals surface area contributed by atoms with E-state index in [1.165, 1.54) is 6.20 Å². The predicted molar refractivity (Wildman–Crippen MR) is 64.9 cm³/mol. The number of hydrogen-bond acceptors (Lipinski definition) is 4. The molecular weight excluding hydrogens is 240 g/mol. The van der Waals surface area contributed by atoms with Gasteiger partial charge < -0.3 is 9.47 Å². The molecule has 0 spiro atoms. The third kappa shape index (κ3) is 3.91. The van der Waals surface area contributed by atoms with Crippen LogP contribution < -0.4 is 0 Å². The minimum absolute atomic E-state index is 0.242. The fourth-order valence-electron chi connectivity index (χ4n) is 2.10. The molecule has 1 aliphatic rings. The third-order valence-electron chi connectivity index (χ3n) is 2.79. The van der Waals surface area contributed by atoms with Crippen LogP contribution in [-0.2, 0) is 16.1 Å². The first-order chi connectivity index (χ1) is 8.13. The van der Waals surface area contributed by atoms with Gasteiger partial charge in [-0.1, -0.05) is 11.6 Å². The number of nitrogens with zero attached hydrogens (tertiary/aromatic N) is 2. The van der Waals surface area contributed by atoms with E-state index in [4.69, 9.17) is 21.1 Å². The van der Waals surface area contributed by atoms with Crippen molar-refractivity contribution in [3.05, 3.63) is 23.2 Å². The molecule has 5 heteroatoms. The monoisotopic (exact) mass is 256 g/mol. The second-order valence-electron chi connectivity index (χ2n) is 4.49. The minimum atomic E-state index is 0.242. The molecule has 2 heterocycles. The van der Waals surface area contributed by atoms with Crippen molar-refractivity contribution in [2.45, 2.75) is 51.6 Å².